The fraction of sp³-hybridized carbons (Fsp3) is 0.593. The molecule has 2 aromatic rings. The average molecular weight is 491 g/mol. The van der Waals surface area contributed by atoms with Crippen LogP contribution in [-0.2, 0) is 4.79 Å². The Balaban J connectivity index is 1.70. The van der Waals surface area contributed by atoms with Gasteiger partial charge in [0.15, 0.2) is 5.16 Å². The van der Waals surface area contributed by atoms with E-state index in [0.717, 1.165) is 28.5 Å². The number of aromatic nitrogens is 2. The van der Waals surface area contributed by atoms with Gasteiger partial charge in [0.1, 0.15) is 11.1 Å². The Hall–Kier alpha value is -1.59. The SMILES string of the molecule is CCCCCCCCCCCSc1ncc(-c2ccc(OC(=O)[C@@H](Cl)C(C)CC)cc2)cn1. The number of nitrogens with zero attached hydrogens (tertiary/aromatic N) is 2. The highest BCUT2D eigenvalue weighted by Gasteiger charge is 2.23. The molecule has 0 aliphatic rings. The normalized spacial score (nSPS) is 13.0. The molecule has 0 amide bonds. The van der Waals surface area contributed by atoms with Crippen LogP contribution in [0.4, 0.5) is 0 Å². The van der Waals surface area contributed by atoms with Gasteiger partial charge in [-0.2, -0.15) is 0 Å². The maximum atomic E-state index is 12.1. The number of alkyl halides is 1. The topological polar surface area (TPSA) is 52.1 Å². The fourth-order valence-corrected chi connectivity index (χ4v) is 4.45. The van der Waals surface area contributed by atoms with Gasteiger partial charge in [0.05, 0.1) is 0 Å². The number of halogens is 1. The second kappa shape index (κ2) is 16.1. The summed E-state index contributed by atoms with van der Waals surface area (Å²) in [6.45, 7) is 6.21. The molecule has 1 aromatic heterocycles. The summed E-state index contributed by atoms with van der Waals surface area (Å²) in [6, 6.07) is 7.37. The predicted octanol–water partition coefficient (Wildman–Crippen LogP) is 8.33. The molecular weight excluding hydrogens is 452 g/mol. The molecule has 0 N–H and O–H groups in total. The molecule has 0 radical (unpaired) electrons. The van der Waals surface area contributed by atoms with E-state index in [4.69, 9.17) is 16.3 Å². The smallest absolute Gasteiger partial charge is 0.329 e. The summed E-state index contributed by atoms with van der Waals surface area (Å²) in [5.41, 5.74) is 1.92. The number of ether oxygens (including phenoxy) is 1. The van der Waals surface area contributed by atoms with Gasteiger partial charge in [-0.15, -0.1) is 11.6 Å². The Labute approximate surface area is 209 Å². The first-order chi connectivity index (χ1) is 16.0. The highest BCUT2D eigenvalue weighted by atomic mass is 35.5. The number of hydrogen-bond donors (Lipinski definition) is 0. The molecule has 0 spiro atoms. The lowest BCUT2D eigenvalue weighted by atomic mass is 10.1. The summed E-state index contributed by atoms with van der Waals surface area (Å²) in [5, 5.41) is 0.186. The second-order valence-corrected chi connectivity index (χ2v) is 10.2. The number of unbranched alkanes of at least 4 members (excludes halogenated alkanes) is 8. The van der Waals surface area contributed by atoms with Crippen molar-refractivity contribution in [2.24, 2.45) is 5.92 Å². The molecule has 2 rings (SSSR count). The van der Waals surface area contributed by atoms with Crippen LogP contribution in [0.15, 0.2) is 41.8 Å². The molecule has 33 heavy (non-hydrogen) atoms. The third-order valence-electron chi connectivity index (χ3n) is 5.88. The zero-order valence-corrected chi connectivity index (χ0v) is 22.0. The Morgan fingerprint density at radius 1 is 0.909 bits per heavy atom. The molecule has 0 bridgehead atoms. The van der Waals surface area contributed by atoms with Gasteiger partial charge in [0, 0.05) is 23.7 Å². The van der Waals surface area contributed by atoms with Crippen molar-refractivity contribution in [1.29, 1.82) is 0 Å². The van der Waals surface area contributed by atoms with Crippen LogP contribution in [0, 0.1) is 5.92 Å². The average Bonchev–Trinajstić information content (AvgIpc) is 2.85. The van der Waals surface area contributed by atoms with Crippen LogP contribution in [0.3, 0.4) is 0 Å². The third-order valence-corrected chi connectivity index (χ3v) is 7.45. The molecule has 0 fully saturated rings. The van der Waals surface area contributed by atoms with E-state index in [0.29, 0.717) is 5.75 Å². The quantitative estimate of drug-likeness (QED) is 0.0590. The van der Waals surface area contributed by atoms with Gasteiger partial charge in [0.25, 0.3) is 0 Å². The van der Waals surface area contributed by atoms with E-state index in [1.807, 2.05) is 38.4 Å². The van der Waals surface area contributed by atoms with Gasteiger partial charge >= 0.3 is 5.97 Å². The number of esters is 1. The van der Waals surface area contributed by atoms with E-state index in [1.54, 1.807) is 23.9 Å². The first-order valence-corrected chi connectivity index (χ1v) is 13.9. The van der Waals surface area contributed by atoms with Gasteiger partial charge in [0.2, 0.25) is 0 Å². The van der Waals surface area contributed by atoms with E-state index in [9.17, 15) is 4.79 Å². The highest BCUT2D eigenvalue weighted by Crippen LogP contribution is 2.24. The van der Waals surface area contributed by atoms with Crippen molar-refractivity contribution in [2.45, 2.75) is 95.5 Å². The lowest BCUT2D eigenvalue weighted by Gasteiger charge is -2.15. The number of hydrogen-bond acceptors (Lipinski definition) is 5. The molecule has 2 atom stereocenters. The van der Waals surface area contributed by atoms with Crippen LogP contribution in [0.5, 0.6) is 5.75 Å². The lowest BCUT2D eigenvalue weighted by Crippen LogP contribution is -2.26. The van der Waals surface area contributed by atoms with Gasteiger partial charge < -0.3 is 4.74 Å². The summed E-state index contributed by atoms with van der Waals surface area (Å²) in [7, 11) is 0. The summed E-state index contributed by atoms with van der Waals surface area (Å²) < 4.78 is 5.40. The second-order valence-electron chi connectivity index (χ2n) is 8.66. The molecule has 1 aromatic carbocycles. The largest absolute Gasteiger partial charge is 0.425 e. The van der Waals surface area contributed by atoms with Gasteiger partial charge in [-0.25, -0.2) is 9.97 Å². The van der Waals surface area contributed by atoms with E-state index in [1.165, 1.54) is 57.8 Å². The zero-order valence-electron chi connectivity index (χ0n) is 20.4. The number of carbonyl (C=O) groups excluding carboxylic acids is 1. The first kappa shape index (κ1) is 27.7. The van der Waals surface area contributed by atoms with E-state index < -0.39 is 11.3 Å². The minimum Gasteiger partial charge on any atom is -0.425 e. The lowest BCUT2D eigenvalue weighted by molar-refractivity contribution is -0.134. The van der Waals surface area contributed by atoms with Crippen LogP contribution < -0.4 is 4.74 Å². The Morgan fingerprint density at radius 2 is 1.48 bits per heavy atom. The minimum atomic E-state index is -0.635. The number of rotatable bonds is 16. The van der Waals surface area contributed by atoms with Crippen molar-refractivity contribution in [3.63, 3.8) is 0 Å². The maximum Gasteiger partial charge on any atom is 0.329 e. The van der Waals surface area contributed by atoms with Crippen molar-refractivity contribution < 1.29 is 9.53 Å². The molecule has 6 heteroatoms. The van der Waals surface area contributed by atoms with Crippen LogP contribution in [0.2, 0.25) is 0 Å². The van der Waals surface area contributed by atoms with Crippen molar-refractivity contribution in [1.82, 2.24) is 9.97 Å². The molecule has 1 unspecified atom stereocenters. The molecule has 4 nitrogen and oxygen atoms in total. The summed E-state index contributed by atoms with van der Waals surface area (Å²) >= 11 is 7.89. The molecule has 0 aliphatic carbocycles. The molecule has 0 saturated carbocycles. The van der Waals surface area contributed by atoms with E-state index in [-0.39, 0.29) is 5.92 Å². The van der Waals surface area contributed by atoms with Crippen molar-refractivity contribution in [2.75, 3.05) is 5.75 Å². The third kappa shape index (κ3) is 10.5. The van der Waals surface area contributed by atoms with Crippen molar-refractivity contribution in [3.8, 4) is 16.9 Å². The minimum absolute atomic E-state index is 0.0762. The summed E-state index contributed by atoms with van der Waals surface area (Å²) in [6.07, 6.45) is 16.6. The molecule has 1 heterocycles. The first-order valence-electron chi connectivity index (χ1n) is 12.5. The Bertz CT molecular complexity index is 799. The number of carbonyl (C=O) groups is 1. The predicted molar refractivity (Wildman–Crippen MR) is 140 cm³/mol. The molecule has 182 valence electrons. The van der Waals surface area contributed by atoms with Crippen molar-refractivity contribution in [3.05, 3.63) is 36.7 Å². The molecule has 0 aliphatic heterocycles. The zero-order chi connectivity index (χ0) is 23.9. The number of thioether (sulfide) groups is 1. The summed E-state index contributed by atoms with van der Waals surface area (Å²) in [4.78, 5) is 21.1. The van der Waals surface area contributed by atoms with Crippen molar-refractivity contribution >= 4 is 29.3 Å². The van der Waals surface area contributed by atoms with Gasteiger partial charge in [-0.1, -0.05) is 102 Å². The monoisotopic (exact) mass is 490 g/mol. The van der Waals surface area contributed by atoms with Crippen LogP contribution in [0.25, 0.3) is 11.1 Å². The van der Waals surface area contributed by atoms with Crippen LogP contribution >= 0.6 is 23.4 Å². The Morgan fingerprint density at radius 3 is 2.06 bits per heavy atom. The van der Waals surface area contributed by atoms with Crippen LogP contribution in [0.1, 0.15) is 85.0 Å². The summed E-state index contributed by atoms with van der Waals surface area (Å²) in [5.74, 6) is 1.22. The number of benzene rings is 1. The standard InChI is InChI=1S/C27H39ClN2O2S/c1-4-6-7-8-9-10-11-12-13-18-33-27-29-19-23(20-30-27)22-14-16-24(17-15-22)32-26(31)25(28)21(3)5-2/h14-17,19-21,25H,4-13,18H2,1-3H3/t21?,25-/m0/s1. The van der Waals surface area contributed by atoms with E-state index in [2.05, 4.69) is 16.9 Å². The van der Waals surface area contributed by atoms with Gasteiger partial charge in [-0.3, -0.25) is 4.79 Å². The molecule has 0 saturated heterocycles. The fourth-order valence-electron chi connectivity index (χ4n) is 3.44. The van der Waals surface area contributed by atoms with Gasteiger partial charge in [-0.05, 0) is 30.0 Å². The maximum absolute atomic E-state index is 12.1. The Kier molecular flexibility index (Phi) is 13.5. The highest BCUT2D eigenvalue weighted by molar-refractivity contribution is 7.99. The molecular formula is C27H39ClN2O2S. The van der Waals surface area contributed by atoms with Crippen LogP contribution in [-0.4, -0.2) is 27.1 Å². The van der Waals surface area contributed by atoms with E-state index >= 15 is 0 Å².